The number of fused-ring (bicyclic) bond motifs is 1. The topological polar surface area (TPSA) is 63.7 Å². The predicted octanol–water partition coefficient (Wildman–Crippen LogP) is 4.52. The number of amides is 1. The Bertz CT molecular complexity index is 1000. The number of anilines is 2. The molecule has 7 heteroatoms. The molecule has 0 saturated heterocycles. The fraction of sp³-hybridized carbons (Fsp3) is 0.143. The van der Waals surface area contributed by atoms with Crippen molar-refractivity contribution in [1.29, 1.82) is 0 Å². The smallest absolute Gasteiger partial charge is 0.261 e. The Hall–Kier alpha value is -3.25. The number of benzene rings is 2. The van der Waals surface area contributed by atoms with E-state index >= 15 is 0 Å². The highest BCUT2D eigenvalue weighted by molar-refractivity contribution is 6.30. The third-order valence-electron chi connectivity index (χ3n) is 4.58. The monoisotopic (exact) mass is 395 g/mol. The molecule has 1 aromatic heterocycles. The summed E-state index contributed by atoms with van der Waals surface area (Å²) in [5.74, 6) is 1.68. The van der Waals surface area contributed by atoms with E-state index in [9.17, 15) is 4.79 Å². The number of carbonyl (C=O) groups is 1. The summed E-state index contributed by atoms with van der Waals surface area (Å²) in [7, 11) is 3.19. The molecule has 0 bridgehead atoms. The first kappa shape index (κ1) is 18.1. The number of methoxy groups -OCH3 is 2. The molecule has 6 nitrogen and oxygen atoms in total. The number of hydrogen-bond acceptors (Lipinski definition) is 5. The summed E-state index contributed by atoms with van der Waals surface area (Å²) in [5, 5.41) is 3.92. The first-order valence-corrected chi connectivity index (χ1v) is 9.02. The maximum atomic E-state index is 13.1. The maximum absolute atomic E-state index is 13.1. The van der Waals surface area contributed by atoms with Crippen LogP contribution in [0.2, 0.25) is 5.02 Å². The number of ether oxygens (including phenoxy) is 2. The number of nitrogens with zero attached hydrogens (tertiary/aromatic N) is 2. The fourth-order valence-corrected chi connectivity index (χ4v) is 3.37. The number of hydrogen-bond donors (Lipinski definition) is 1. The normalized spacial score (nSPS) is 15.3. The number of halogens is 1. The maximum Gasteiger partial charge on any atom is 0.261 e. The van der Waals surface area contributed by atoms with Crippen LogP contribution in [0.3, 0.4) is 0 Å². The zero-order chi connectivity index (χ0) is 19.7. The highest BCUT2D eigenvalue weighted by Gasteiger charge is 2.38. The zero-order valence-corrected chi connectivity index (χ0v) is 16.1. The fourth-order valence-electron chi connectivity index (χ4n) is 3.25. The summed E-state index contributed by atoms with van der Waals surface area (Å²) >= 11 is 5.97. The molecule has 1 N–H and O–H groups in total. The van der Waals surface area contributed by atoms with E-state index in [0.717, 1.165) is 11.3 Å². The molecule has 3 aromatic rings. The predicted molar refractivity (Wildman–Crippen MR) is 108 cm³/mol. The van der Waals surface area contributed by atoms with Gasteiger partial charge in [0, 0.05) is 41.2 Å². The van der Waals surface area contributed by atoms with Crippen LogP contribution in [-0.2, 0) is 0 Å². The van der Waals surface area contributed by atoms with Gasteiger partial charge in [-0.25, -0.2) is 4.98 Å². The van der Waals surface area contributed by atoms with E-state index in [4.69, 9.17) is 21.1 Å². The molecule has 0 fully saturated rings. The highest BCUT2D eigenvalue weighted by Crippen LogP contribution is 2.38. The largest absolute Gasteiger partial charge is 0.497 e. The minimum Gasteiger partial charge on any atom is -0.497 e. The van der Waals surface area contributed by atoms with Crippen molar-refractivity contribution >= 4 is 29.0 Å². The highest BCUT2D eigenvalue weighted by atomic mass is 35.5. The average molecular weight is 396 g/mol. The van der Waals surface area contributed by atoms with Crippen molar-refractivity contribution in [3.63, 3.8) is 0 Å². The van der Waals surface area contributed by atoms with Gasteiger partial charge in [-0.2, -0.15) is 0 Å². The first-order valence-electron chi connectivity index (χ1n) is 8.64. The molecular weight excluding hydrogens is 378 g/mol. The first-order chi connectivity index (χ1) is 13.6. The number of carbonyl (C=O) groups excluding carboxylic acids is 1. The van der Waals surface area contributed by atoms with Gasteiger partial charge in [0.25, 0.3) is 5.91 Å². The lowest BCUT2D eigenvalue weighted by atomic mass is 10.1. The SMILES string of the molecule is COc1cc(N[C@@H]2c3ccccc3C(=O)N2c2ccc(Cl)cn2)cc(OC)c1. The van der Waals surface area contributed by atoms with Crippen LogP contribution < -0.4 is 19.7 Å². The van der Waals surface area contributed by atoms with Crippen molar-refractivity contribution in [2.45, 2.75) is 6.17 Å². The third-order valence-corrected chi connectivity index (χ3v) is 4.80. The van der Waals surface area contributed by atoms with Crippen molar-refractivity contribution in [3.05, 3.63) is 76.9 Å². The van der Waals surface area contributed by atoms with Gasteiger partial charge in [0.2, 0.25) is 0 Å². The van der Waals surface area contributed by atoms with Gasteiger partial charge in [-0.05, 0) is 18.2 Å². The second-order valence-corrected chi connectivity index (χ2v) is 6.68. The lowest BCUT2D eigenvalue weighted by molar-refractivity contribution is 0.0992. The molecular formula is C21H18ClN3O3. The van der Waals surface area contributed by atoms with E-state index in [1.54, 1.807) is 37.3 Å². The van der Waals surface area contributed by atoms with Crippen molar-refractivity contribution < 1.29 is 14.3 Å². The molecule has 2 heterocycles. The Labute approximate surface area is 167 Å². The molecule has 0 aliphatic carbocycles. The van der Waals surface area contributed by atoms with E-state index in [1.165, 1.54) is 6.20 Å². The molecule has 1 aliphatic heterocycles. The molecule has 2 aromatic carbocycles. The number of rotatable bonds is 5. The van der Waals surface area contributed by atoms with Gasteiger partial charge in [0.1, 0.15) is 23.5 Å². The Morgan fingerprint density at radius 2 is 1.75 bits per heavy atom. The van der Waals surface area contributed by atoms with Gasteiger partial charge in [0.05, 0.1) is 19.2 Å². The van der Waals surface area contributed by atoms with Gasteiger partial charge < -0.3 is 14.8 Å². The summed E-state index contributed by atoms with van der Waals surface area (Å²) in [4.78, 5) is 19.0. The van der Waals surface area contributed by atoms with Crippen LogP contribution >= 0.6 is 11.6 Å². The number of nitrogens with one attached hydrogen (secondary N) is 1. The minimum atomic E-state index is -0.436. The van der Waals surface area contributed by atoms with Crippen LogP contribution in [0.15, 0.2) is 60.8 Å². The van der Waals surface area contributed by atoms with E-state index in [0.29, 0.717) is 27.9 Å². The quantitative estimate of drug-likeness (QED) is 0.688. The molecule has 28 heavy (non-hydrogen) atoms. The molecule has 4 rings (SSSR count). The number of pyridine rings is 1. The second kappa shape index (κ2) is 7.40. The van der Waals surface area contributed by atoms with Crippen LogP contribution in [0.4, 0.5) is 11.5 Å². The molecule has 0 radical (unpaired) electrons. The summed E-state index contributed by atoms with van der Waals surface area (Å²) < 4.78 is 10.7. The van der Waals surface area contributed by atoms with E-state index in [2.05, 4.69) is 10.3 Å². The zero-order valence-electron chi connectivity index (χ0n) is 15.3. The van der Waals surface area contributed by atoms with Gasteiger partial charge in [-0.15, -0.1) is 0 Å². The molecule has 142 valence electrons. The summed E-state index contributed by atoms with van der Waals surface area (Å²) in [6.07, 6.45) is 1.09. The Kier molecular flexibility index (Phi) is 4.79. The summed E-state index contributed by atoms with van der Waals surface area (Å²) in [6.45, 7) is 0. The van der Waals surface area contributed by atoms with Gasteiger partial charge in [-0.3, -0.25) is 9.69 Å². The van der Waals surface area contributed by atoms with Gasteiger partial charge in [0.15, 0.2) is 0 Å². The van der Waals surface area contributed by atoms with E-state index < -0.39 is 6.17 Å². The van der Waals surface area contributed by atoms with Crippen molar-refractivity contribution in [3.8, 4) is 11.5 Å². The van der Waals surface area contributed by atoms with E-state index in [1.807, 2.05) is 36.4 Å². The Morgan fingerprint density at radius 1 is 1.04 bits per heavy atom. The Morgan fingerprint density at radius 3 is 2.39 bits per heavy atom. The molecule has 0 spiro atoms. The molecule has 0 unspecified atom stereocenters. The summed E-state index contributed by atoms with van der Waals surface area (Å²) in [6, 6.07) is 16.4. The Balaban J connectivity index is 1.77. The molecule has 1 aliphatic rings. The van der Waals surface area contributed by atoms with Crippen LogP contribution in [0.1, 0.15) is 22.1 Å². The van der Waals surface area contributed by atoms with Crippen molar-refractivity contribution in [1.82, 2.24) is 4.98 Å². The molecule has 0 saturated carbocycles. The van der Waals surface area contributed by atoms with E-state index in [-0.39, 0.29) is 5.91 Å². The van der Waals surface area contributed by atoms with Gasteiger partial charge in [-0.1, -0.05) is 29.8 Å². The summed E-state index contributed by atoms with van der Waals surface area (Å²) in [5.41, 5.74) is 2.25. The van der Waals surface area contributed by atoms with Crippen LogP contribution in [0.5, 0.6) is 11.5 Å². The van der Waals surface area contributed by atoms with Crippen LogP contribution in [-0.4, -0.2) is 25.1 Å². The molecule has 1 amide bonds. The number of aromatic nitrogens is 1. The minimum absolute atomic E-state index is 0.127. The standard InChI is InChI=1S/C21H18ClN3O3/c1-27-15-9-14(10-16(11-15)28-2)24-20-17-5-3-4-6-18(17)21(26)25(20)19-8-7-13(22)12-23-19/h3-12,20,24H,1-2H3/t20-/m0/s1. The molecule has 1 atom stereocenters. The second-order valence-electron chi connectivity index (χ2n) is 6.25. The van der Waals surface area contributed by atoms with Crippen molar-refractivity contribution in [2.75, 3.05) is 24.4 Å². The lowest BCUT2D eigenvalue weighted by Crippen LogP contribution is -2.32. The van der Waals surface area contributed by atoms with Crippen LogP contribution in [0.25, 0.3) is 0 Å². The third kappa shape index (κ3) is 3.23. The van der Waals surface area contributed by atoms with Crippen LogP contribution in [0, 0.1) is 0 Å². The van der Waals surface area contributed by atoms with Crippen molar-refractivity contribution in [2.24, 2.45) is 0 Å². The average Bonchev–Trinajstić information content (AvgIpc) is 3.00. The van der Waals surface area contributed by atoms with Gasteiger partial charge >= 0.3 is 0 Å². The lowest BCUT2D eigenvalue weighted by Gasteiger charge is -2.26.